The highest BCUT2D eigenvalue weighted by Gasteiger charge is 2.21. The van der Waals surface area contributed by atoms with E-state index in [1.54, 1.807) is 7.11 Å². The summed E-state index contributed by atoms with van der Waals surface area (Å²) in [6.45, 7) is 7.39. The minimum atomic E-state index is -0.781. The second-order valence-corrected chi connectivity index (χ2v) is 14.8. The van der Waals surface area contributed by atoms with Gasteiger partial charge in [-0.25, -0.2) is 0 Å². The van der Waals surface area contributed by atoms with Crippen molar-refractivity contribution in [2.75, 3.05) is 46.6 Å². The maximum atomic E-state index is 13.3. The van der Waals surface area contributed by atoms with Crippen LogP contribution in [0.2, 0.25) is 0 Å². The van der Waals surface area contributed by atoms with E-state index >= 15 is 0 Å². The summed E-state index contributed by atoms with van der Waals surface area (Å²) in [5, 5.41) is 19.7. The molecule has 0 radical (unpaired) electrons. The third-order valence-corrected chi connectivity index (χ3v) is 9.91. The quantitative estimate of drug-likeness (QED) is 0.0628. The number of ether oxygens (including phenoxy) is 2. The summed E-state index contributed by atoms with van der Waals surface area (Å²) >= 11 is 0. The smallest absolute Gasteiger partial charge is 0.222 e. The lowest BCUT2D eigenvalue weighted by molar-refractivity contribution is -0.132. The first-order valence-corrected chi connectivity index (χ1v) is 21.2. The fourth-order valence-electron chi connectivity index (χ4n) is 6.78. The number of amides is 1. The minimum Gasteiger partial charge on any atom is -0.394 e. The Morgan fingerprint density at radius 1 is 0.583 bits per heavy atom. The Morgan fingerprint density at radius 2 is 1.00 bits per heavy atom. The monoisotopic (exact) mass is 684 g/mol. The van der Waals surface area contributed by atoms with Crippen LogP contribution in [0.5, 0.6) is 0 Å². The number of nitrogens with zero attached hydrogens (tertiary/aromatic N) is 1. The van der Waals surface area contributed by atoms with Crippen LogP contribution in [0.4, 0.5) is 0 Å². The maximum Gasteiger partial charge on any atom is 0.222 e. The average molecular weight is 684 g/mol. The van der Waals surface area contributed by atoms with E-state index in [2.05, 4.69) is 13.8 Å². The van der Waals surface area contributed by atoms with E-state index in [0.29, 0.717) is 39.1 Å². The molecular weight excluding hydrogens is 598 g/mol. The fraction of sp³-hybridized carbons (Fsp3) is 0.976. The van der Waals surface area contributed by atoms with Crippen LogP contribution in [0.1, 0.15) is 206 Å². The molecule has 2 atom stereocenters. The van der Waals surface area contributed by atoms with Gasteiger partial charge in [0.2, 0.25) is 5.91 Å². The van der Waals surface area contributed by atoms with Crippen LogP contribution < -0.4 is 0 Å². The molecule has 0 aromatic carbocycles. The summed E-state index contributed by atoms with van der Waals surface area (Å²) in [6.07, 6.45) is 36.7. The van der Waals surface area contributed by atoms with Crippen LogP contribution in [0.15, 0.2) is 0 Å². The van der Waals surface area contributed by atoms with Gasteiger partial charge in [-0.15, -0.1) is 0 Å². The lowest BCUT2D eigenvalue weighted by Gasteiger charge is -2.29. The molecule has 0 aliphatic carbocycles. The van der Waals surface area contributed by atoms with Gasteiger partial charge >= 0.3 is 0 Å². The molecule has 0 aliphatic heterocycles. The summed E-state index contributed by atoms with van der Waals surface area (Å²) < 4.78 is 11.4. The van der Waals surface area contributed by atoms with Crippen molar-refractivity contribution in [2.45, 2.75) is 213 Å². The maximum absolute atomic E-state index is 13.3. The highest BCUT2D eigenvalue weighted by atomic mass is 16.5. The molecule has 288 valence electrons. The molecule has 0 rings (SSSR count). The van der Waals surface area contributed by atoms with E-state index < -0.39 is 6.10 Å². The van der Waals surface area contributed by atoms with Crippen molar-refractivity contribution in [1.82, 2.24) is 4.90 Å². The molecule has 0 saturated heterocycles. The predicted molar refractivity (Wildman–Crippen MR) is 206 cm³/mol. The number of unbranched alkanes of at least 4 members (excludes halogenated alkanes) is 25. The van der Waals surface area contributed by atoms with Gasteiger partial charge in [0.1, 0.15) is 0 Å². The van der Waals surface area contributed by atoms with Gasteiger partial charge in [-0.05, 0) is 25.7 Å². The van der Waals surface area contributed by atoms with Gasteiger partial charge in [0.25, 0.3) is 0 Å². The molecule has 0 saturated carbocycles. The largest absolute Gasteiger partial charge is 0.394 e. The van der Waals surface area contributed by atoms with E-state index in [1.165, 1.54) is 154 Å². The number of aliphatic hydroxyl groups excluding tert-OH is 2. The van der Waals surface area contributed by atoms with Crippen molar-refractivity contribution in [1.29, 1.82) is 0 Å². The van der Waals surface area contributed by atoms with Gasteiger partial charge in [0.05, 0.1) is 19.3 Å². The SMILES string of the molecule is CCCCCCCCCCCCCCCCOCC(CC(O)CO)CN(CCCOC)C(=O)CCCCCCCCCCCCCCC. The van der Waals surface area contributed by atoms with Crippen molar-refractivity contribution >= 4 is 5.91 Å². The van der Waals surface area contributed by atoms with Crippen molar-refractivity contribution in [2.24, 2.45) is 5.92 Å². The number of carbonyl (C=O) groups is 1. The number of hydrogen-bond acceptors (Lipinski definition) is 5. The molecule has 0 fully saturated rings. The van der Waals surface area contributed by atoms with Crippen LogP contribution in [0.3, 0.4) is 0 Å². The normalized spacial score (nSPS) is 12.9. The first-order valence-electron chi connectivity index (χ1n) is 21.2. The molecule has 2 N–H and O–H groups in total. The van der Waals surface area contributed by atoms with E-state index in [9.17, 15) is 15.0 Å². The Balaban J connectivity index is 4.24. The Bertz CT molecular complexity index is 633. The third-order valence-electron chi connectivity index (χ3n) is 9.91. The van der Waals surface area contributed by atoms with Gasteiger partial charge in [-0.1, -0.05) is 174 Å². The van der Waals surface area contributed by atoms with Gasteiger partial charge < -0.3 is 24.6 Å². The number of carbonyl (C=O) groups excluding carboxylic acids is 1. The standard InChI is InChI=1S/C42H85NO5/c1-4-6-8-10-12-14-16-18-20-22-24-26-28-30-35-48-39-40(36-41(45)38-44)37-43(33-31-34-47-3)42(46)32-29-27-25-23-21-19-17-15-13-11-9-7-5-2/h40-41,44-45H,4-39H2,1-3H3. The Labute approximate surface area is 299 Å². The minimum absolute atomic E-state index is 0.0111. The third kappa shape index (κ3) is 33.8. The number of hydrogen-bond donors (Lipinski definition) is 2. The van der Waals surface area contributed by atoms with E-state index in [0.717, 1.165) is 32.3 Å². The highest BCUT2D eigenvalue weighted by Crippen LogP contribution is 2.17. The predicted octanol–water partition coefficient (Wildman–Crippen LogP) is 11.2. The highest BCUT2D eigenvalue weighted by molar-refractivity contribution is 5.76. The summed E-state index contributed by atoms with van der Waals surface area (Å²) in [5.74, 6) is 0.210. The number of rotatable bonds is 40. The first kappa shape index (κ1) is 47.3. The van der Waals surface area contributed by atoms with Crippen LogP contribution in [0.25, 0.3) is 0 Å². The van der Waals surface area contributed by atoms with Crippen LogP contribution >= 0.6 is 0 Å². The van der Waals surface area contributed by atoms with E-state index in [-0.39, 0.29) is 18.4 Å². The van der Waals surface area contributed by atoms with Gasteiger partial charge in [0.15, 0.2) is 0 Å². The van der Waals surface area contributed by atoms with E-state index in [4.69, 9.17) is 9.47 Å². The topological polar surface area (TPSA) is 79.2 Å². The molecular formula is C42H85NO5. The number of methoxy groups -OCH3 is 1. The van der Waals surface area contributed by atoms with Gasteiger partial charge in [-0.2, -0.15) is 0 Å². The second-order valence-electron chi connectivity index (χ2n) is 14.8. The molecule has 0 bridgehead atoms. The summed E-state index contributed by atoms with van der Waals surface area (Å²) in [6, 6.07) is 0. The molecule has 2 unspecified atom stereocenters. The summed E-state index contributed by atoms with van der Waals surface area (Å²) in [4.78, 5) is 15.2. The zero-order valence-corrected chi connectivity index (χ0v) is 32.7. The average Bonchev–Trinajstić information content (AvgIpc) is 3.09. The van der Waals surface area contributed by atoms with Crippen LogP contribution in [-0.4, -0.2) is 73.8 Å². The molecule has 0 heterocycles. The molecule has 6 heteroatoms. The molecule has 0 aromatic rings. The lowest BCUT2D eigenvalue weighted by Crippen LogP contribution is -2.39. The van der Waals surface area contributed by atoms with Gasteiger partial charge in [0, 0.05) is 45.8 Å². The van der Waals surface area contributed by atoms with Crippen molar-refractivity contribution < 1.29 is 24.5 Å². The Hall–Kier alpha value is -0.690. The molecule has 1 amide bonds. The first-order chi connectivity index (χ1) is 23.6. The lowest BCUT2D eigenvalue weighted by atomic mass is 10.0. The molecule has 6 nitrogen and oxygen atoms in total. The summed E-state index contributed by atoms with van der Waals surface area (Å²) in [5.41, 5.74) is 0. The molecule has 48 heavy (non-hydrogen) atoms. The van der Waals surface area contributed by atoms with Crippen LogP contribution in [-0.2, 0) is 14.3 Å². The number of aliphatic hydroxyl groups is 2. The zero-order valence-electron chi connectivity index (χ0n) is 32.7. The van der Waals surface area contributed by atoms with Crippen molar-refractivity contribution in [3.63, 3.8) is 0 Å². The fourth-order valence-corrected chi connectivity index (χ4v) is 6.78. The van der Waals surface area contributed by atoms with E-state index in [1.807, 2.05) is 4.90 Å². The Morgan fingerprint density at radius 3 is 1.42 bits per heavy atom. The molecule has 0 spiro atoms. The summed E-state index contributed by atoms with van der Waals surface area (Å²) in [7, 11) is 1.70. The van der Waals surface area contributed by atoms with Crippen molar-refractivity contribution in [3.05, 3.63) is 0 Å². The molecule has 0 aliphatic rings. The molecule has 0 aromatic heterocycles. The second kappa shape index (κ2) is 39.1. The zero-order chi connectivity index (χ0) is 35.2. The Kier molecular flexibility index (Phi) is 38.5. The van der Waals surface area contributed by atoms with Gasteiger partial charge in [-0.3, -0.25) is 4.79 Å². The van der Waals surface area contributed by atoms with Crippen LogP contribution in [0, 0.1) is 5.92 Å². The van der Waals surface area contributed by atoms with Crippen molar-refractivity contribution in [3.8, 4) is 0 Å².